The lowest BCUT2D eigenvalue weighted by Gasteiger charge is -2.30. The van der Waals surface area contributed by atoms with Gasteiger partial charge in [0.25, 0.3) is 29.5 Å². The summed E-state index contributed by atoms with van der Waals surface area (Å²) in [5.41, 5.74) is 3.51. The number of hydrogen-bond donors (Lipinski definition) is 10. The fraction of sp³-hybridized carbons (Fsp3) is 0.231. The summed E-state index contributed by atoms with van der Waals surface area (Å²) in [4.78, 5) is 138. The van der Waals surface area contributed by atoms with Crippen LogP contribution in [0.1, 0.15) is 105 Å². The molecule has 0 unspecified atom stereocenters. The van der Waals surface area contributed by atoms with Crippen molar-refractivity contribution in [3.05, 3.63) is 124 Å². The molecule has 11 N–H and O–H groups in total. The Morgan fingerprint density at radius 2 is 1.49 bits per heavy atom. The zero-order chi connectivity index (χ0) is 61.0. The van der Waals surface area contributed by atoms with Crippen molar-refractivity contribution in [2.45, 2.75) is 63.5 Å². The average molecular weight is 1270 g/mol. The first kappa shape index (κ1) is 58.4. The monoisotopic (exact) mass is 1270 g/mol. The van der Waals surface area contributed by atoms with Crippen molar-refractivity contribution < 1.29 is 77.8 Å². The third-order valence-electron chi connectivity index (χ3n) is 13.5. The van der Waals surface area contributed by atoms with E-state index in [0.717, 1.165) is 56.7 Å². The lowest BCUT2D eigenvalue weighted by molar-refractivity contribution is -0.166. The quantitative estimate of drug-likeness (QED) is 0.0495. The smallest absolute Gasteiger partial charge is 0.358 e. The number of pyridine rings is 1. The van der Waals surface area contributed by atoms with Crippen molar-refractivity contribution in [1.82, 2.24) is 61.2 Å². The molecule has 29 nitrogen and oxygen atoms in total. The number of nitrogens with zero attached hydrogens (tertiary/aromatic N) is 7. The number of benzene rings is 1. The van der Waals surface area contributed by atoms with E-state index < -0.39 is 121 Å². The lowest BCUT2D eigenvalue weighted by atomic mass is 10.0. The van der Waals surface area contributed by atoms with E-state index >= 15 is 0 Å². The number of thiazole rings is 5. The number of aliphatic hydroxyl groups is 2. The Balaban J connectivity index is 1.09. The number of aliphatic hydroxyl groups excluding tert-OH is 2. The van der Waals surface area contributed by atoms with Gasteiger partial charge < -0.3 is 71.8 Å². The van der Waals surface area contributed by atoms with E-state index in [4.69, 9.17) is 34.6 Å². The van der Waals surface area contributed by atoms with Crippen LogP contribution in [0.15, 0.2) is 69.2 Å². The Kier molecular flexibility index (Phi) is 16.0. The van der Waals surface area contributed by atoms with Gasteiger partial charge in [0.05, 0.1) is 31.0 Å². The van der Waals surface area contributed by atoms with Crippen LogP contribution in [0.25, 0.3) is 49.3 Å². The highest BCUT2D eigenvalue weighted by Gasteiger charge is 2.42. The van der Waals surface area contributed by atoms with Gasteiger partial charge in [0, 0.05) is 43.4 Å². The highest BCUT2D eigenvalue weighted by atomic mass is 32.1. The molecule has 0 radical (unpaired) electrons. The van der Waals surface area contributed by atoms with E-state index in [9.17, 15) is 58.9 Å². The fourth-order valence-electron chi connectivity index (χ4n) is 9.07. The molecule has 3 aliphatic rings. The van der Waals surface area contributed by atoms with Crippen LogP contribution in [0.5, 0.6) is 5.75 Å². The van der Waals surface area contributed by atoms with Crippen LogP contribution >= 0.6 is 56.7 Å². The molecule has 442 valence electrons. The normalized spacial score (nSPS) is 20.2. The highest BCUT2D eigenvalue weighted by molar-refractivity contribution is 7.14. The van der Waals surface area contributed by atoms with E-state index in [1.165, 1.54) is 66.1 Å². The van der Waals surface area contributed by atoms with Gasteiger partial charge in [-0.05, 0) is 31.5 Å². The number of allylic oxidation sites excluding steroid dienone is 1. The summed E-state index contributed by atoms with van der Waals surface area (Å²) in [6.45, 7) is 4.37. The van der Waals surface area contributed by atoms with E-state index in [1.807, 2.05) is 0 Å². The number of ether oxygens (including phenoxy) is 4. The number of rotatable bonds is 6. The molecule has 6 atom stereocenters. The SMILES string of the molecule is C=C(NC(=O)c1csc(-c2nc3c(cc2O)-c2nc(cs2)C(=O)N[C@@H]([C@@H](C)O)C(=O)N/C(=C(\C)OC)c2nc(cs2)C(=O)N[C@@H]2c4nc(cs4)C(=O)N[C@@H](COC(=O)c4c5c6c(cccc6n4O)COC(=O)[C@@H](O)[C@H]2OC5)c2nc-3cs2)n1)C(N)=O. The molecule has 7 aromatic heterocycles. The minimum absolute atomic E-state index is 0.00373. The number of primary amides is 1. The molecule has 0 aliphatic carbocycles. The predicted octanol–water partition coefficient (Wildman–Crippen LogP) is 3.05. The molecular weight excluding hydrogens is 1220 g/mol. The molecule has 0 spiro atoms. The standard InChI is InChI=1S/C52H43N13O16S5/c1-17(40(53)69)54-41(70)25-14-85-49(59-25)35-30(67)8-21-34(61-35)24-12-83-47(56-24)23-11-81-51(75)37-22-10-79-39(38(68)52(76)80-9-20-6-5-7-29(31(20)22)65(37)77)36(50-60-26(15-86-50)42(71)55-23)64-44(73)28-16-84-48(58-28)33(19(3)78-4)63-45(74)32(18(2)66)62-43(72)27-13-82-46(21)57-27/h5-8,12-16,18,23,32,36,38-39,66-68,77H,1,9-11H2,2-4H3,(H2,53,69)(H,54,70)(H,55,71)(H,62,72)(H,63,74)(H,64,73)/b33-19+/t18-,23+,32+,36+,38+,39+/m1/s1. The molecule has 11 rings (SSSR count). The Hall–Kier alpha value is -9.42. The molecule has 0 saturated carbocycles. The highest BCUT2D eigenvalue weighted by Crippen LogP contribution is 2.42. The molecular formula is C52H43N13O16S5. The molecule has 0 saturated heterocycles. The molecule has 34 heteroatoms. The van der Waals surface area contributed by atoms with Crippen molar-refractivity contribution in [3.63, 3.8) is 0 Å². The van der Waals surface area contributed by atoms with Gasteiger partial charge >= 0.3 is 11.9 Å². The molecule has 12 bridgehead atoms. The number of esters is 2. The van der Waals surface area contributed by atoms with Crippen molar-refractivity contribution in [1.29, 1.82) is 0 Å². The number of methoxy groups -OCH3 is 1. The maximum Gasteiger partial charge on any atom is 0.358 e. The van der Waals surface area contributed by atoms with Crippen LogP contribution in [-0.2, 0) is 46.5 Å². The Labute approximate surface area is 502 Å². The first-order valence-electron chi connectivity index (χ1n) is 25.1. The van der Waals surface area contributed by atoms with E-state index in [-0.39, 0.29) is 98.4 Å². The van der Waals surface area contributed by atoms with Crippen molar-refractivity contribution >= 4 is 121 Å². The minimum Gasteiger partial charge on any atom is -0.506 e. The fourth-order valence-corrected chi connectivity index (χ4v) is 13.3. The van der Waals surface area contributed by atoms with Crippen molar-refractivity contribution in [3.8, 4) is 38.4 Å². The van der Waals surface area contributed by atoms with Gasteiger partial charge in [0.1, 0.15) is 120 Å². The summed E-state index contributed by atoms with van der Waals surface area (Å²) < 4.78 is 24.0. The number of hydrogen-bond acceptors (Lipinski definition) is 27. The predicted molar refractivity (Wildman–Crippen MR) is 304 cm³/mol. The largest absolute Gasteiger partial charge is 0.506 e. The van der Waals surface area contributed by atoms with E-state index in [1.54, 1.807) is 6.07 Å². The number of nitrogens with two attached hydrogens (primary N) is 1. The second-order valence-corrected chi connectivity index (χ2v) is 23.3. The maximum atomic E-state index is 14.6. The van der Waals surface area contributed by atoms with Crippen LogP contribution in [-0.4, -0.2) is 141 Å². The third-order valence-corrected chi connectivity index (χ3v) is 17.9. The van der Waals surface area contributed by atoms with Gasteiger partial charge in [-0.25, -0.2) is 39.5 Å². The van der Waals surface area contributed by atoms with Crippen molar-refractivity contribution in [2.24, 2.45) is 5.73 Å². The molecule has 1 aromatic carbocycles. The second-order valence-electron chi connectivity index (χ2n) is 19.0. The van der Waals surface area contributed by atoms with Gasteiger partial charge in [-0.1, -0.05) is 18.7 Å². The van der Waals surface area contributed by atoms with Crippen LogP contribution in [0.4, 0.5) is 0 Å². The number of aromatic nitrogens is 7. The number of carbonyl (C=O) groups excluding carboxylic acids is 8. The summed E-state index contributed by atoms with van der Waals surface area (Å²) in [6.07, 6.45) is -5.56. The van der Waals surface area contributed by atoms with Gasteiger partial charge in [0.15, 0.2) is 11.8 Å². The van der Waals surface area contributed by atoms with Crippen LogP contribution in [0.2, 0.25) is 0 Å². The maximum absolute atomic E-state index is 14.6. The second kappa shape index (κ2) is 23.6. The van der Waals surface area contributed by atoms with E-state index in [2.05, 4.69) is 53.1 Å². The summed E-state index contributed by atoms with van der Waals surface area (Å²) in [5.74, 6) is -8.39. The number of nitrogens with one attached hydrogen (secondary N) is 5. The van der Waals surface area contributed by atoms with Gasteiger partial charge in [0.2, 0.25) is 5.91 Å². The summed E-state index contributed by atoms with van der Waals surface area (Å²) in [7, 11) is 1.29. The summed E-state index contributed by atoms with van der Waals surface area (Å²) in [6, 6.07) is 1.18. The van der Waals surface area contributed by atoms with Crippen LogP contribution in [0, 0.1) is 0 Å². The van der Waals surface area contributed by atoms with Crippen molar-refractivity contribution in [2.75, 3.05) is 13.7 Å². The molecule has 10 heterocycles. The number of carbonyl (C=O) groups is 8. The Morgan fingerprint density at radius 1 is 0.826 bits per heavy atom. The van der Waals surface area contributed by atoms with Gasteiger partial charge in [-0.3, -0.25) is 28.8 Å². The molecule has 86 heavy (non-hydrogen) atoms. The number of fused-ring (bicyclic) bond motifs is 15. The molecule has 6 amide bonds. The molecule has 3 aliphatic heterocycles. The van der Waals surface area contributed by atoms with Gasteiger partial charge in [-0.2, -0.15) is 4.73 Å². The number of cyclic esters (lactones) is 2. The lowest BCUT2D eigenvalue weighted by Crippen LogP contribution is -2.52. The third kappa shape index (κ3) is 11.1. The molecule has 0 fully saturated rings. The van der Waals surface area contributed by atoms with Gasteiger partial charge in [-0.15, -0.1) is 56.7 Å². The zero-order valence-corrected chi connectivity index (χ0v) is 48.5. The number of aromatic hydroxyl groups is 1. The summed E-state index contributed by atoms with van der Waals surface area (Å²) in [5, 5.41) is 66.3. The number of amides is 6. The first-order valence-corrected chi connectivity index (χ1v) is 29.5. The Morgan fingerprint density at radius 3 is 2.23 bits per heavy atom. The molecule has 8 aromatic rings. The van der Waals surface area contributed by atoms with Crippen LogP contribution < -0.4 is 32.3 Å². The van der Waals surface area contributed by atoms with Crippen LogP contribution in [0.3, 0.4) is 0 Å². The Bertz CT molecular complexity index is 4200. The van der Waals surface area contributed by atoms with E-state index in [0.29, 0.717) is 10.3 Å². The minimum atomic E-state index is -2.20. The zero-order valence-electron chi connectivity index (χ0n) is 44.4. The summed E-state index contributed by atoms with van der Waals surface area (Å²) >= 11 is 4.42. The topological polar surface area (TPSA) is 423 Å². The average Bonchev–Trinajstić information content (AvgIpc) is 1.82. The first-order chi connectivity index (χ1) is 41.2.